The largest absolute Gasteiger partial charge is 0.355 e. The van der Waals surface area contributed by atoms with E-state index in [1.54, 1.807) is 19.2 Å². The molecule has 166 valence electrons. The van der Waals surface area contributed by atoms with Crippen molar-refractivity contribution < 1.29 is 4.39 Å². The second-order valence-electron chi connectivity index (χ2n) is 8.88. The average molecular weight is 433 g/mol. The van der Waals surface area contributed by atoms with Crippen molar-refractivity contribution in [2.24, 2.45) is 11.1 Å². The molecule has 0 aromatic carbocycles. The Morgan fingerprint density at radius 1 is 1.19 bits per heavy atom. The lowest BCUT2D eigenvalue weighted by Crippen LogP contribution is -2.44. The van der Waals surface area contributed by atoms with Crippen LogP contribution >= 0.6 is 0 Å². The fraction of sp³-hybridized carbons (Fsp3) is 0.400. The number of halogens is 1. The van der Waals surface area contributed by atoms with Gasteiger partial charge in [0.25, 0.3) is 0 Å². The fourth-order valence-corrected chi connectivity index (χ4v) is 5.46. The van der Waals surface area contributed by atoms with Gasteiger partial charge < -0.3 is 10.6 Å². The number of hydrogen-bond donors (Lipinski definition) is 1. The lowest BCUT2D eigenvalue weighted by atomic mass is 9.73. The minimum absolute atomic E-state index is 0.0291. The van der Waals surface area contributed by atoms with Gasteiger partial charge in [-0.15, -0.1) is 0 Å². The fourth-order valence-electron chi connectivity index (χ4n) is 5.46. The molecule has 1 aliphatic carbocycles. The zero-order valence-electron chi connectivity index (χ0n) is 18.8. The molecule has 1 aliphatic heterocycles. The maximum Gasteiger partial charge on any atom is 0.155 e. The van der Waals surface area contributed by atoms with Crippen molar-refractivity contribution in [1.82, 2.24) is 19.6 Å². The summed E-state index contributed by atoms with van der Waals surface area (Å²) in [5.74, 6) is 0.627. The van der Waals surface area contributed by atoms with Gasteiger partial charge in [-0.3, -0.25) is 4.98 Å². The van der Waals surface area contributed by atoms with Crippen LogP contribution in [0.4, 0.5) is 10.2 Å². The summed E-state index contributed by atoms with van der Waals surface area (Å²) < 4.78 is 16.4. The Morgan fingerprint density at radius 3 is 2.66 bits per heavy atom. The van der Waals surface area contributed by atoms with Crippen LogP contribution in [0.25, 0.3) is 11.1 Å². The number of nitrogens with two attached hydrogens (primary N) is 1. The summed E-state index contributed by atoms with van der Waals surface area (Å²) in [6.45, 7) is 7.19. The van der Waals surface area contributed by atoms with Crippen LogP contribution in [0.15, 0.2) is 48.6 Å². The molecule has 1 atom stereocenters. The van der Waals surface area contributed by atoms with Gasteiger partial charge in [0.2, 0.25) is 0 Å². The van der Waals surface area contributed by atoms with E-state index in [0.29, 0.717) is 11.3 Å². The second-order valence-corrected chi connectivity index (χ2v) is 8.88. The van der Waals surface area contributed by atoms with Crippen molar-refractivity contribution >= 4 is 16.9 Å². The highest BCUT2D eigenvalue weighted by atomic mass is 19.1. The molecule has 0 radical (unpaired) electrons. The number of allylic oxidation sites excluding steroid dienone is 4. The monoisotopic (exact) mass is 432 g/mol. The normalized spacial score (nSPS) is 20.9. The number of fused-ring (bicyclic) bond motifs is 2. The van der Waals surface area contributed by atoms with Crippen molar-refractivity contribution in [3.63, 3.8) is 0 Å². The highest BCUT2D eigenvalue weighted by Crippen LogP contribution is 2.50. The molecule has 3 aromatic heterocycles. The average Bonchev–Trinajstić information content (AvgIpc) is 3.40. The summed E-state index contributed by atoms with van der Waals surface area (Å²) >= 11 is 0. The van der Waals surface area contributed by atoms with Gasteiger partial charge in [-0.1, -0.05) is 18.2 Å². The number of rotatable bonds is 3. The van der Waals surface area contributed by atoms with Gasteiger partial charge in [0.1, 0.15) is 11.3 Å². The number of hydrogen-bond acceptors (Lipinski definition) is 5. The number of nitrogens with zero attached hydrogens (tertiary/aromatic N) is 5. The van der Waals surface area contributed by atoms with E-state index in [4.69, 9.17) is 10.7 Å². The Morgan fingerprint density at radius 2 is 1.97 bits per heavy atom. The Labute approximate surface area is 187 Å². The third kappa shape index (κ3) is 3.06. The second kappa shape index (κ2) is 7.81. The topological polar surface area (TPSA) is 72.3 Å². The lowest BCUT2D eigenvalue weighted by Gasteiger charge is -2.42. The van der Waals surface area contributed by atoms with Crippen molar-refractivity contribution in [1.29, 1.82) is 0 Å². The summed E-state index contributed by atoms with van der Waals surface area (Å²) in [4.78, 5) is 11.8. The molecular formula is C25H29FN6. The van der Waals surface area contributed by atoms with Gasteiger partial charge in [0.15, 0.2) is 5.82 Å². The summed E-state index contributed by atoms with van der Waals surface area (Å²) in [6, 6.07) is 6.09. The van der Waals surface area contributed by atoms with Gasteiger partial charge in [0, 0.05) is 36.6 Å². The van der Waals surface area contributed by atoms with Crippen molar-refractivity contribution in [2.75, 3.05) is 18.0 Å². The zero-order valence-corrected chi connectivity index (χ0v) is 18.8. The standard InChI is InChI=1S/C25H29FN6/c1-4-17(19(26)5-2)22-16(3)30-24(21-8-12-29-32(21)22)31-13-9-25(10-14-31)15-20-18(23(25)27)7-6-11-28-20/h4-8,11-12,23H,9-10,13-15,27H2,1-3H3/b17-4+,19-5+/t23-/m0/s1. The van der Waals surface area contributed by atoms with Crippen LogP contribution in [-0.4, -0.2) is 32.7 Å². The minimum atomic E-state index is -0.273. The van der Waals surface area contributed by atoms with Crippen LogP contribution in [0.3, 0.4) is 0 Å². The predicted octanol–water partition coefficient (Wildman–Crippen LogP) is 4.55. The van der Waals surface area contributed by atoms with Gasteiger partial charge in [-0.2, -0.15) is 5.10 Å². The molecule has 2 N–H and O–H groups in total. The Hall–Kier alpha value is -3.06. The molecule has 2 aliphatic rings. The van der Waals surface area contributed by atoms with E-state index in [9.17, 15) is 4.39 Å². The highest BCUT2D eigenvalue weighted by molar-refractivity contribution is 5.80. The maximum absolute atomic E-state index is 14.6. The molecule has 5 rings (SSSR count). The van der Waals surface area contributed by atoms with Gasteiger partial charge in [-0.05, 0) is 63.1 Å². The van der Waals surface area contributed by atoms with E-state index in [0.717, 1.165) is 55.1 Å². The number of aryl methyl sites for hydroxylation is 1. The molecule has 7 heteroatoms. The number of piperidine rings is 1. The van der Waals surface area contributed by atoms with Crippen LogP contribution in [0, 0.1) is 12.3 Å². The molecule has 1 fully saturated rings. The highest BCUT2D eigenvalue weighted by Gasteiger charge is 2.46. The summed E-state index contributed by atoms with van der Waals surface area (Å²) in [6.07, 6.45) is 9.78. The van der Waals surface area contributed by atoms with Crippen LogP contribution in [0.5, 0.6) is 0 Å². The summed E-state index contributed by atoms with van der Waals surface area (Å²) in [5.41, 5.74) is 12.0. The molecule has 1 spiro atoms. The molecule has 1 saturated heterocycles. The van der Waals surface area contributed by atoms with E-state index in [2.05, 4.69) is 21.0 Å². The Balaban J connectivity index is 1.47. The van der Waals surface area contributed by atoms with Crippen LogP contribution in [0.1, 0.15) is 55.4 Å². The maximum atomic E-state index is 14.6. The molecule has 4 heterocycles. The Bertz CT molecular complexity index is 1230. The first kappa shape index (κ1) is 20.8. The predicted molar refractivity (Wildman–Crippen MR) is 125 cm³/mol. The number of pyridine rings is 1. The van der Waals surface area contributed by atoms with E-state index < -0.39 is 0 Å². The molecule has 0 bridgehead atoms. The molecule has 0 unspecified atom stereocenters. The van der Waals surface area contributed by atoms with Crippen LogP contribution in [0.2, 0.25) is 0 Å². The molecule has 0 saturated carbocycles. The quantitative estimate of drug-likeness (QED) is 0.615. The Kier molecular flexibility index (Phi) is 5.08. The van der Waals surface area contributed by atoms with Crippen molar-refractivity contribution in [3.05, 3.63) is 71.2 Å². The van der Waals surface area contributed by atoms with Crippen molar-refractivity contribution in [2.45, 2.75) is 46.1 Å². The van der Waals surface area contributed by atoms with E-state index in [-0.39, 0.29) is 17.3 Å². The SMILES string of the molecule is C/C=C(\C(F)=C/C)c1c(C)nc(N2CCC3(CC2)Cc2ncccc2[C@@H]3N)c2ccnn12. The molecule has 0 amide bonds. The molecular weight excluding hydrogens is 403 g/mol. The smallest absolute Gasteiger partial charge is 0.155 e. The summed E-state index contributed by atoms with van der Waals surface area (Å²) in [7, 11) is 0. The van der Waals surface area contributed by atoms with Gasteiger partial charge >= 0.3 is 0 Å². The minimum Gasteiger partial charge on any atom is -0.355 e. The lowest BCUT2D eigenvalue weighted by molar-refractivity contribution is 0.187. The van der Waals surface area contributed by atoms with Crippen molar-refractivity contribution in [3.8, 4) is 0 Å². The first-order valence-corrected chi connectivity index (χ1v) is 11.3. The number of aromatic nitrogens is 4. The first-order chi connectivity index (χ1) is 15.5. The zero-order chi connectivity index (χ0) is 22.5. The van der Waals surface area contributed by atoms with Crippen LogP contribution < -0.4 is 10.6 Å². The third-order valence-corrected chi connectivity index (χ3v) is 7.25. The molecule has 3 aromatic rings. The first-order valence-electron chi connectivity index (χ1n) is 11.3. The van der Waals surface area contributed by atoms with Gasteiger partial charge in [0.05, 0.1) is 17.6 Å². The summed E-state index contributed by atoms with van der Waals surface area (Å²) in [5, 5.41) is 4.52. The molecule has 6 nitrogen and oxygen atoms in total. The number of anilines is 1. The molecule has 32 heavy (non-hydrogen) atoms. The van der Waals surface area contributed by atoms with E-state index in [1.807, 2.05) is 36.7 Å². The van der Waals surface area contributed by atoms with E-state index in [1.165, 1.54) is 11.6 Å². The van der Waals surface area contributed by atoms with Crippen LogP contribution in [-0.2, 0) is 6.42 Å². The third-order valence-electron chi connectivity index (χ3n) is 7.25. The van der Waals surface area contributed by atoms with Gasteiger partial charge in [-0.25, -0.2) is 13.9 Å². The van der Waals surface area contributed by atoms with E-state index >= 15 is 0 Å².